The highest BCUT2D eigenvalue weighted by atomic mass is 16.6. The standard InChI is InChI=1S/C22H22N6O3/c1-26-19-6-14(7-23-17(19)8-25-26)22(29)27-9-20-21(10-27)31-12-15(11-30-20)28-13-24-16-4-2-3-5-18(16)28/h2-8,13,15,20-21H,9-12H2,1H3/t20-,21-/m0/s1. The van der Waals surface area contributed by atoms with E-state index in [2.05, 4.69) is 25.7 Å². The summed E-state index contributed by atoms with van der Waals surface area (Å²) in [5.41, 5.74) is 4.19. The lowest BCUT2D eigenvalue weighted by molar-refractivity contribution is -0.00461. The number of carbonyl (C=O) groups excluding carboxylic acids is 1. The average molecular weight is 418 g/mol. The average Bonchev–Trinajstić information content (AvgIpc) is 3.48. The molecule has 31 heavy (non-hydrogen) atoms. The highest BCUT2D eigenvalue weighted by Crippen LogP contribution is 2.27. The molecule has 2 saturated heterocycles. The number of hydrogen-bond donors (Lipinski definition) is 0. The zero-order valence-electron chi connectivity index (χ0n) is 17.1. The third-order valence-corrected chi connectivity index (χ3v) is 6.23. The first-order chi connectivity index (χ1) is 15.2. The molecule has 158 valence electrons. The van der Waals surface area contributed by atoms with E-state index in [0.29, 0.717) is 31.9 Å². The van der Waals surface area contributed by atoms with E-state index in [1.165, 1.54) is 0 Å². The van der Waals surface area contributed by atoms with Crippen LogP contribution in [0.25, 0.3) is 22.1 Å². The van der Waals surface area contributed by atoms with Crippen molar-refractivity contribution in [2.24, 2.45) is 7.05 Å². The Kier molecular flexibility index (Phi) is 4.25. The lowest BCUT2D eigenvalue weighted by Gasteiger charge is -2.20. The number of para-hydroxylation sites is 2. The highest BCUT2D eigenvalue weighted by Gasteiger charge is 2.40. The maximum atomic E-state index is 13.1. The monoisotopic (exact) mass is 418 g/mol. The first kappa shape index (κ1) is 18.5. The van der Waals surface area contributed by atoms with Crippen molar-refractivity contribution >= 4 is 28.0 Å². The van der Waals surface area contributed by atoms with E-state index in [1.807, 2.05) is 37.6 Å². The van der Waals surface area contributed by atoms with Crippen LogP contribution in [0.5, 0.6) is 0 Å². The molecule has 9 heteroatoms. The molecule has 0 bridgehead atoms. The van der Waals surface area contributed by atoms with E-state index < -0.39 is 0 Å². The van der Waals surface area contributed by atoms with E-state index in [9.17, 15) is 4.79 Å². The minimum Gasteiger partial charge on any atom is -0.371 e. The number of fused-ring (bicyclic) bond motifs is 3. The van der Waals surface area contributed by atoms with Crippen molar-refractivity contribution in [3.05, 3.63) is 54.6 Å². The van der Waals surface area contributed by atoms with E-state index in [-0.39, 0.29) is 24.2 Å². The molecule has 0 N–H and O–H groups in total. The third-order valence-electron chi connectivity index (χ3n) is 6.23. The van der Waals surface area contributed by atoms with Crippen molar-refractivity contribution in [3.8, 4) is 0 Å². The van der Waals surface area contributed by atoms with Gasteiger partial charge in [0, 0.05) is 26.3 Å². The fraction of sp³-hybridized carbons (Fsp3) is 0.364. The topological polar surface area (TPSA) is 87.3 Å². The van der Waals surface area contributed by atoms with Crippen molar-refractivity contribution in [1.82, 2.24) is 29.2 Å². The molecule has 3 aromatic heterocycles. The summed E-state index contributed by atoms with van der Waals surface area (Å²) < 4.78 is 16.3. The van der Waals surface area contributed by atoms with Crippen LogP contribution in [0.4, 0.5) is 0 Å². The number of imidazole rings is 1. The molecule has 0 radical (unpaired) electrons. The number of benzene rings is 1. The number of hydrogen-bond acceptors (Lipinski definition) is 6. The third kappa shape index (κ3) is 3.08. The van der Waals surface area contributed by atoms with Gasteiger partial charge in [-0.25, -0.2) is 4.98 Å². The van der Waals surface area contributed by atoms with Crippen LogP contribution in [-0.4, -0.2) is 73.6 Å². The summed E-state index contributed by atoms with van der Waals surface area (Å²) in [6, 6.07) is 9.94. The Balaban J connectivity index is 1.17. The summed E-state index contributed by atoms with van der Waals surface area (Å²) in [4.78, 5) is 23.7. The molecule has 0 saturated carbocycles. The van der Waals surface area contributed by atoms with E-state index >= 15 is 0 Å². The van der Waals surface area contributed by atoms with Crippen LogP contribution in [0.15, 0.2) is 49.1 Å². The normalized spacial score (nSPS) is 22.2. The van der Waals surface area contributed by atoms with Crippen LogP contribution in [-0.2, 0) is 16.5 Å². The number of ether oxygens (including phenoxy) is 2. The molecule has 1 aromatic carbocycles. The molecule has 4 aromatic rings. The van der Waals surface area contributed by atoms with Gasteiger partial charge in [-0.1, -0.05) is 12.1 Å². The molecule has 9 nitrogen and oxygen atoms in total. The number of likely N-dealkylation sites (tertiary alicyclic amines) is 1. The lowest BCUT2D eigenvalue weighted by atomic mass is 10.2. The van der Waals surface area contributed by atoms with Gasteiger partial charge in [0.25, 0.3) is 5.91 Å². The van der Waals surface area contributed by atoms with Gasteiger partial charge in [-0.05, 0) is 18.2 Å². The summed E-state index contributed by atoms with van der Waals surface area (Å²) in [7, 11) is 1.84. The molecule has 2 aliphatic rings. The number of amides is 1. The van der Waals surface area contributed by atoms with Crippen LogP contribution in [0.1, 0.15) is 16.4 Å². The van der Waals surface area contributed by atoms with Gasteiger partial charge in [0.2, 0.25) is 0 Å². The van der Waals surface area contributed by atoms with Crippen LogP contribution >= 0.6 is 0 Å². The Hall–Kier alpha value is -3.30. The summed E-state index contributed by atoms with van der Waals surface area (Å²) in [5, 5.41) is 4.19. The molecule has 2 atom stereocenters. The summed E-state index contributed by atoms with van der Waals surface area (Å²) in [6.07, 6.45) is 4.87. The minimum absolute atomic E-state index is 0.0543. The smallest absolute Gasteiger partial charge is 0.255 e. The Labute approximate surface area is 178 Å². The van der Waals surface area contributed by atoms with E-state index in [4.69, 9.17) is 9.47 Å². The van der Waals surface area contributed by atoms with E-state index in [1.54, 1.807) is 22.0 Å². The Morgan fingerprint density at radius 3 is 2.58 bits per heavy atom. The second kappa shape index (κ2) is 7.14. The van der Waals surface area contributed by atoms with Gasteiger partial charge in [-0.15, -0.1) is 0 Å². The van der Waals surface area contributed by atoms with Gasteiger partial charge in [0.1, 0.15) is 17.7 Å². The first-order valence-corrected chi connectivity index (χ1v) is 10.4. The maximum absolute atomic E-state index is 13.1. The van der Waals surface area contributed by atoms with Gasteiger partial charge in [0.05, 0.1) is 53.9 Å². The molecule has 0 unspecified atom stereocenters. The maximum Gasteiger partial charge on any atom is 0.255 e. The molecule has 0 aliphatic carbocycles. The van der Waals surface area contributed by atoms with Crippen molar-refractivity contribution in [1.29, 1.82) is 0 Å². The summed E-state index contributed by atoms with van der Waals surface area (Å²) in [5.74, 6) is -0.0620. The molecule has 2 aliphatic heterocycles. The zero-order chi connectivity index (χ0) is 20.9. The number of aromatic nitrogens is 5. The first-order valence-electron chi connectivity index (χ1n) is 10.4. The summed E-state index contributed by atoms with van der Waals surface area (Å²) >= 11 is 0. The Morgan fingerprint density at radius 1 is 1.00 bits per heavy atom. The molecule has 2 fully saturated rings. The number of aryl methyl sites for hydroxylation is 1. The van der Waals surface area contributed by atoms with Gasteiger partial charge >= 0.3 is 0 Å². The highest BCUT2D eigenvalue weighted by molar-refractivity contribution is 5.96. The Bertz CT molecular complexity index is 1260. The summed E-state index contributed by atoms with van der Waals surface area (Å²) in [6.45, 7) is 2.05. The number of carbonyl (C=O) groups is 1. The molecule has 0 spiro atoms. The van der Waals surface area contributed by atoms with Gasteiger partial charge < -0.3 is 18.9 Å². The molecule has 6 rings (SSSR count). The van der Waals surface area contributed by atoms with Crippen LogP contribution in [0.3, 0.4) is 0 Å². The largest absolute Gasteiger partial charge is 0.371 e. The quantitative estimate of drug-likeness (QED) is 0.493. The second-order valence-corrected chi connectivity index (χ2v) is 8.14. The fourth-order valence-corrected chi connectivity index (χ4v) is 4.50. The minimum atomic E-state index is -0.142. The van der Waals surface area contributed by atoms with Crippen molar-refractivity contribution in [2.45, 2.75) is 18.2 Å². The number of nitrogens with zero attached hydrogens (tertiary/aromatic N) is 6. The predicted molar refractivity (Wildman–Crippen MR) is 113 cm³/mol. The lowest BCUT2D eigenvalue weighted by Crippen LogP contribution is -2.31. The number of pyridine rings is 1. The molecular weight excluding hydrogens is 396 g/mol. The SMILES string of the molecule is Cn1ncc2ncc(C(=O)N3C[C@@H]4OCC(n5cnc6ccccc65)CO[C@H]4C3)cc21. The van der Waals surface area contributed by atoms with E-state index in [0.717, 1.165) is 22.1 Å². The fourth-order valence-electron chi connectivity index (χ4n) is 4.50. The molecular formula is C22H22N6O3. The van der Waals surface area contributed by atoms with Crippen molar-refractivity contribution in [2.75, 3.05) is 26.3 Å². The van der Waals surface area contributed by atoms with Gasteiger partial charge in [-0.2, -0.15) is 5.10 Å². The van der Waals surface area contributed by atoms with Crippen molar-refractivity contribution < 1.29 is 14.3 Å². The Morgan fingerprint density at radius 2 is 1.77 bits per heavy atom. The van der Waals surface area contributed by atoms with Crippen LogP contribution in [0, 0.1) is 0 Å². The molecule has 5 heterocycles. The van der Waals surface area contributed by atoms with Crippen LogP contribution < -0.4 is 0 Å². The zero-order valence-corrected chi connectivity index (χ0v) is 17.1. The predicted octanol–water partition coefficient (Wildman–Crippen LogP) is 1.80. The van der Waals surface area contributed by atoms with Gasteiger partial charge in [0.15, 0.2) is 0 Å². The van der Waals surface area contributed by atoms with Gasteiger partial charge in [-0.3, -0.25) is 14.5 Å². The van der Waals surface area contributed by atoms with Crippen LogP contribution in [0.2, 0.25) is 0 Å². The van der Waals surface area contributed by atoms with Crippen molar-refractivity contribution in [3.63, 3.8) is 0 Å². The second-order valence-electron chi connectivity index (χ2n) is 8.14. The number of rotatable bonds is 2. The molecule has 1 amide bonds.